The van der Waals surface area contributed by atoms with E-state index in [1.165, 1.54) is 0 Å². The molecule has 3 heteroatoms. The third-order valence-electron chi connectivity index (χ3n) is 3.08. The average molecular weight is 293 g/mol. The number of hydrogen-bond acceptors (Lipinski definition) is 1. The molecule has 0 aliphatic carbocycles. The molecule has 1 atom stereocenters. The van der Waals surface area contributed by atoms with Crippen LogP contribution in [0.3, 0.4) is 0 Å². The van der Waals surface area contributed by atoms with Gasteiger partial charge in [-0.05, 0) is 23.3 Å². The van der Waals surface area contributed by atoms with Crippen molar-refractivity contribution < 1.29 is 4.79 Å². The van der Waals surface area contributed by atoms with Crippen LogP contribution in [0.15, 0.2) is 48.5 Å². The van der Waals surface area contributed by atoms with Crippen LogP contribution >= 0.6 is 23.2 Å². The number of ketones is 1. The molecule has 0 spiro atoms. The van der Waals surface area contributed by atoms with Crippen LogP contribution in [0.25, 0.3) is 0 Å². The molecular weight excluding hydrogens is 279 g/mol. The third kappa shape index (κ3) is 3.17. The second-order valence-corrected chi connectivity index (χ2v) is 5.15. The van der Waals surface area contributed by atoms with Gasteiger partial charge in [0.15, 0.2) is 0 Å². The molecule has 0 amide bonds. The summed E-state index contributed by atoms with van der Waals surface area (Å²) in [6.07, 6.45) is 0.486. The second-order valence-electron chi connectivity index (χ2n) is 4.34. The molecule has 2 aromatic carbocycles. The number of benzene rings is 2. The first-order valence-corrected chi connectivity index (χ1v) is 6.91. The first kappa shape index (κ1) is 14.1. The van der Waals surface area contributed by atoms with E-state index < -0.39 is 0 Å². The standard InChI is InChI=1S/C16H14Cl2O/c1-2-15(19)16(11-6-4-3-5-7-11)12-8-9-13(17)14(18)10-12/h3-10,16H,2H2,1H3. The molecule has 1 nitrogen and oxygen atoms in total. The van der Waals surface area contributed by atoms with Gasteiger partial charge >= 0.3 is 0 Å². The zero-order valence-electron chi connectivity index (χ0n) is 10.6. The van der Waals surface area contributed by atoms with Gasteiger partial charge in [-0.25, -0.2) is 0 Å². The Labute approximate surface area is 123 Å². The molecule has 0 N–H and O–H groups in total. The van der Waals surface area contributed by atoms with Crippen molar-refractivity contribution in [3.05, 3.63) is 69.7 Å². The van der Waals surface area contributed by atoms with Crippen molar-refractivity contribution in [2.45, 2.75) is 19.3 Å². The topological polar surface area (TPSA) is 17.1 Å². The molecule has 0 bridgehead atoms. The van der Waals surface area contributed by atoms with Crippen molar-refractivity contribution in [1.82, 2.24) is 0 Å². The molecule has 1 unspecified atom stereocenters. The van der Waals surface area contributed by atoms with Gasteiger partial charge in [-0.3, -0.25) is 4.79 Å². The molecule has 0 aliphatic rings. The van der Waals surface area contributed by atoms with Gasteiger partial charge in [-0.15, -0.1) is 0 Å². The van der Waals surface area contributed by atoms with E-state index in [1.54, 1.807) is 12.1 Å². The Morgan fingerprint density at radius 2 is 1.68 bits per heavy atom. The summed E-state index contributed by atoms with van der Waals surface area (Å²) in [7, 11) is 0. The highest BCUT2D eigenvalue weighted by molar-refractivity contribution is 6.42. The fourth-order valence-corrected chi connectivity index (χ4v) is 2.41. The summed E-state index contributed by atoms with van der Waals surface area (Å²) in [5.74, 6) is -0.106. The minimum atomic E-state index is -0.277. The van der Waals surface area contributed by atoms with Crippen LogP contribution in [0, 0.1) is 0 Å². The van der Waals surface area contributed by atoms with Gasteiger partial charge in [-0.1, -0.05) is 66.5 Å². The van der Waals surface area contributed by atoms with Gasteiger partial charge in [0.1, 0.15) is 5.78 Å². The minimum absolute atomic E-state index is 0.171. The molecule has 19 heavy (non-hydrogen) atoms. The smallest absolute Gasteiger partial charge is 0.144 e. The van der Waals surface area contributed by atoms with Crippen molar-refractivity contribution in [1.29, 1.82) is 0 Å². The Morgan fingerprint density at radius 3 is 2.26 bits per heavy atom. The molecule has 0 radical (unpaired) electrons. The Kier molecular flexibility index (Phi) is 4.62. The molecular formula is C16H14Cl2O. The highest BCUT2D eigenvalue weighted by Crippen LogP contribution is 2.31. The molecule has 2 rings (SSSR count). The van der Waals surface area contributed by atoms with Gasteiger partial charge in [0.25, 0.3) is 0 Å². The number of hydrogen-bond donors (Lipinski definition) is 0. The largest absolute Gasteiger partial charge is 0.299 e. The van der Waals surface area contributed by atoms with Crippen molar-refractivity contribution in [2.24, 2.45) is 0 Å². The zero-order chi connectivity index (χ0) is 13.8. The predicted molar refractivity (Wildman–Crippen MR) is 80.0 cm³/mol. The van der Waals surface area contributed by atoms with Crippen LogP contribution < -0.4 is 0 Å². The maximum absolute atomic E-state index is 12.2. The maximum Gasteiger partial charge on any atom is 0.144 e. The van der Waals surface area contributed by atoms with Crippen molar-refractivity contribution in [3.63, 3.8) is 0 Å². The molecule has 0 saturated carbocycles. The van der Waals surface area contributed by atoms with E-state index in [0.29, 0.717) is 16.5 Å². The Bertz CT molecular complexity index is 579. The van der Waals surface area contributed by atoms with Gasteiger partial charge in [0.05, 0.1) is 16.0 Å². The van der Waals surface area contributed by atoms with Crippen molar-refractivity contribution in [2.75, 3.05) is 0 Å². The fraction of sp³-hybridized carbons (Fsp3) is 0.188. The molecule has 0 fully saturated rings. The Hall–Kier alpha value is -1.31. The highest BCUT2D eigenvalue weighted by Gasteiger charge is 2.21. The van der Waals surface area contributed by atoms with Crippen LogP contribution in [0.1, 0.15) is 30.4 Å². The van der Waals surface area contributed by atoms with Gasteiger partial charge < -0.3 is 0 Å². The number of rotatable bonds is 4. The fourth-order valence-electron chi connectivity index (χ4n) is 2.11. The summed E-state index contributed by atoms with van der Waals surface area (Å²) >= 11 is 12.0. The Balaban J connectivity index is 2.49. The lowest BCUT2D eigenvalue weighted by Crippen LogP contribution is -2.13. The van der Waals surface area contributed by atoms with Crippen molar-refractivity contribution in [3.8, 4) is 0 Å². The lowest BCUT2D eigenvalue weighted by atomic mass is 9.87. The monoisotopic (exact) mass is 292 g/mol. The molecule has 0 aliphatic heterocycles. The van der Waals surface area contributed by atoms with Crippen LogP contribution in [-0.2, 0) is 4.79 Å². The van der Waals surface area contributed by atoms with Crippen LogP contribution in [-0.4, -0.2) is 5.78 Å². The van der Waals surface area contributed by atoms with E-state index in [0.717, 1.165) is 11.1 Å². The normalized spacial score (nSPS) is 12.2. The number of Topliss-reactive ketones (excluding diaryl/α,β-unsaturated/α-hetero) is 1. The molecule has 2 aromatic rings. The van der Waals surface area contributed by atoms with E-state index in [-0.39, 0.29) is 11.7 Å². The van der Waals surface area contributed by atoms with Gasteiger partial charge in [-0.2, -0.15) is 0 Å². The first-order chi connectivity index (χ1) is 9.13. The van der Waals surface area contributed by atoms with Crippen LogP contribution in [0.4, 0.5) is 0 Å². The van der Waals surface area contributed by atoms with Crippen molar-refractivity contribution >= 4 is 29.0 Å². The SMILES string of the molecule is CCC(=O)C(c1ccccc1)c1ccc(Cl)c(Cl)c1. The van der Waals surface area contributed by atoms with E-state index >= 15 is 0 Å². The van der Waals surface area contributed by atoms with Gasteiger partial charge in [0, 0.05) is 6.42 Å². The molecule has 98 valence electrons. The van der Waals surface area contributed by atoms with E-state index in [4.69, 9.17) is 23.2 Å². The Morgan fingerprint density at radius 1 is 1.00 bits per heavy atom. The van der Waals surface area contributed by atoms with Crippen LogP contribution in [0.5, 0.6) is 0 Å². The summed E-state index contributed by atoms with van der Waals surface area (Å²) in [4.78, 5) is 12.2. The van der Waals surface area contributed by atoms with E-state index in [2.05, 4.69) is 0 Å². The van der Waals surface area contributed by atoms with Crippen LogP contribution in [0.2, 0.25) is 10.0 Å². The second kappa shape index (κ2) is 6.23. The summed E-state index contributed by atoms with van der Waals surface area (Å²) < 4.78 is 0. The third-order valence-corrected chi connectivity index (χ3v) is 3.82. The summed E-state index contributed by atoms with van der Waals surface area (Å²) in [6, 6.07) is 15.1. The lowest BCUT2D eigenvalue weighted by molar-refractivity contribution is -0.119. The lowest BCUT2D eigenvalue weighted by Gasteiger charge is -2.16. The number of halogens is 2. The van der Waals surface area contributed by atoms with E-state index in [9.17, 15) is 4.79 Å². The van der Waals surface area contributed by atoms with E-state index in [1.807, 2.05) is 43.3 Å². The molecule has 0 heterocycles. The number of carbonyl (C=O) groups is 1. The number of carbonyl (C=O) groups excluding carboxylic acids is 1. The zero-order valence-corrected chi connectivity index (χ0v) is 12.1. The first-order valence-electron chi connectivity index (χ1n) is 6.16. The summed E-state index contributed by atoms with van der Waals surface area (Å²) in [5.41, 5.74) is 1.86. The molecule has 0 saturated heterocycles. The van der Waals surface area contributed by atoms with Gasteiger partial charge in [0.2, 0.25) is 0 Å². The maximum atomic E-state index is 12.2. The average Bonchev–Trinajstić information content (AvgIpc) is 2.44. The molecule has 0 aromatic heterocycles. The quantitative estimate of drug-likeness (QED) is 0.766. The summed E-state index contributed by atoms with van der Waals surface area (Å²) in [6.45, 7) is 1.87. The highest BCUT2D eigenvalue weighted by atomic mass is 35.5. The predicted octanol–water partition coefficient (Wildman–Crippen LogP) is 5.10. The summed E-state index contributed by atoms with van der Waals surface area (Å²) in [5, 5.41) is 0.977. The minimum Gasteiger partial charge on any atom is -0.299 e.